The van der Waals surface area contributed by atoms with Crippen LogP contribution in [0.2, 0.25) is 0 Å². The van der Waals surface area contributed by atoms with E-state index < -0.39 is 11.9 Å². The van der Waals surface area contributed by atoms with Crippen LogP contribution in [0.15, 0.2) is 59.5 Å². The van der Waals surface area contributed by atoms with Crippen molar-refractivity contribution in [3.63, 3.8) is 0 Å². The molecule has 1 heterocycles. The van der Waals surface area contributed by atoms with Crippen molar-refractivity contribution in [3.8, 4) is 0 Å². The Morgan fingerprint density at radius 2 is 1.74 bits per heavy atom. The van der Waals surface area contributed by atoms with Gasteiger partial charge in [-0.2, -0.15) is 0 Å². The van der Waals surface area contributed by atoms with Crippen molar-refractivity contribution >= 4 is 11.7 Å². The lowest BCUT2D eigenvalue weighted by Gasteiger charge is -2.21. The van der Waals surface area contributed by atoms with Gasteiger partial charge in [-0.3, -0.25) is 19.0 Å². The Morgan fingerprint density at radius 1 is 1.04 bits per heavy atom. The van der Waals surface area contributed by atoms with E-state index in [-0.39, 0.29) is 11.3 Å². The summed E-state index contributed by atoms with van der Waals surface area (Å²) < 4.78 is 1.21. The molecule has 5 nitrogen and oxygen atoms in total. The molecule has 0 aliphatic rings. The van der Waals surface area contributed by atoms with Crippen LogP contribution in [0.5, 0.6) is 0 Å². The van der Waals surface area contributed by atoms with E-state index >= 15 is 0 Å². The van der Waals surface area contributed by atoms with Crippen molar-refractivity contribution in [3.05, 3.63) is 70.6 Å². The van der Waals surface area contributed by atoms with E-state index in [9.17, 15) is 14.4 Å². The zero-order valence-corrected chi connectivity index (χ0v) is 16.1. The highest BCUT2D eigenvalue weighted by atomic mass is 16.2. The summed E-state index contributed by atoms with van der Waals surface area (Å²) in [5, 5.41) is 2.90. The second-order valence-corrected chi connectivity index (χ2v) is 6.74. The van der Waals surface area contributed by atoms with E-state index in [1.165, 1.54) is 16.8 Å². The van der Waals surface area contributed by atoms with Crippen molar-refractivity contribution in [1.82, 2.24) is 9.88 Å². The highest BCUT2D eigenvalue weighted by molar-refractivity contribution is 6.11. The first-order valence-electron chi connectivity index (χ1n) is 9.62. The molecule has 0 spiro atoms. The van der Waals surface area contributed by atoms with Gasteiger partial charge in [0.05, 0.1) is 0 Å². The number of hydrogen-bond donors (Lipinski definition) is 1. The predicted molar refractivity (Wildman–Crippen MR) is 107 cm³/mol. The van der Waals surface area contributed by atoms with Crippen LogP contribution >= 0.6 is 0 Å². The fourth-order valence-electron chi connectivity index (χ4n) is 3.07. The monoisotopic (exact) mass is 368 g/mol. The Bertz CT molecular complexity index is 798. The number of carbonyl (C=O) groups excluding carboxylic acids is 2. The Balaban J connectivity index is 2.24. The van der Waals surface area contributed by atoms with Gasteiger partial charge in [0.2, 0.25) is 0 Å². The van der Waals surface area contributed by atoms with Crippen LogP contribution in [-0.2, 0) is 4.79 Å². The van der Waals surface area contributed by atoms with Crippen molar-refractivity contribution in [2.45, 2.75) is 45.6 Å². The second-order valence-electron chi connectivity index (χ2n) is 6.74. The van der Waals surface area contributed by atoms with Gasteiger partial charge in [0, 0.05) is 24.4 Å². The lowest BCUT2D eigenvalue weighted by Crippen LogP contribution is -2.42. The van der Waals surface area contributed by atoms with Gasteiger partial charge < -0.3 is 5.32 Å². The van der Waals surface area contributed by atoms with Crippen molar-refractivity contribution < 1.29 is 9.59 Å². The quantitative estimate of drug-likeness (QED) is 0.515. The molecule has 0 saturated heterocycles. The number of hydrogen-bond acceptors (Lipinski definition) is 3. The Kier molecular flexibility index (Phi) is 7.99. The Labute approximate surface area is 160 Å². The molecule has 2 unspecified atom stereocenters. The first-order valence-corrected chi connectivity index (χ1v) is 9.62. The molecule has 2 atom stereocenters. The highest BCUT2D eigenvalue weighted by Gasteiger charge is 2.30. The normalized spacial score (nSPS) is 13.0. The summed E-state index contributed by atoms with van der Waals surface area (Å²) in [4.78, 5) is 38.2. The van der Waals surface area contributed by atoms with Gasteiger partial charge >= 0.3 is 0 Å². The maximum atomic E-state index is 13.0. The number of unbranched alkanes of at least 4 members (excludes halogenated alkanes) is 1. The van der Waals surface area contributed by atoms with E-state index in [1.807, 2.05) is 0 Å². The summed E-state index contributed by atoms with van der Waals surface area (Å²) in [7, 11) is 0. The molecule has 0 saturated carbocycles. The Morgan fingerprint density at radius 3 is 2.37 bits per heavy atom. The van der Waals surface area contributed by atoms with Gasteiger partial charge in [0.15, 0.2) is 11.8 Å². The number of rotatable bonds is 10. The molecule has 5 heteroatoms. The molecule has 1 amide bonds. The van der Waals surface area contributed by atoms with Gasteiger partial charge in [0.25, 0.3) is 11.5 Å². The van der Waals surface area contributed by atoms with Gasteiger partial charge in [-0.05, 0) is 18.4 Å². The molecular weight excluding hydrogens is 340 g/mol. The number of amides is 1. The van der Waals surface area contributed by atoms with Crippen LogP contribution < -0.4 is 10.9 Å². The second kappa shape index (κ2) is 10.5. The molecule has 144 valence electrons. The first-order chi connectivity index (χ1) is 13.1. The lowest BCUT2D eigenvalue weighted by molar-refractivity contribution is -0.123. The summed E-state index contributed by atoms with van der Waals surface area (Å²) >= 11 is 0. The smallest absolute Gasteiger partial charge is 0.251 e. The maximum absolute atomic E-state index is 13.0. The summed E-state index contributed by atoms with van der Waals surface area (Å²) in [6.07, 6.45) is 5.71. The largest absolute Gasteiger partial charge is 0.354 e. The predicted octanol–water partition coefficient (Wildman–Crippen LogP) is 3.60. The number of carbonyl (C=O) groups is 2. The van der Waals surface area contributed by atoms with E-state index in [2.05, 4.69) is 19.2 Å². The molecule has 0 aliphatic carbocycles. The molecule has 1 N–H and O–H groups in total. The zero-order valence-electron chi connectivity index (χ0n) is 16.1. The number of ketones is 1. The number of nitrogens with one attached hydrogen (secondary N) is 1. The lowest BCUT2D eigenvalue weighted by atomic mass is 9.98. The van der Waals surface area contributed by atoms with Crippen molar-refractivity contribution in [1.29, 1.82) is 0 Å². The van der Waals surface area contributed by atoms with E-state index in [1.54, 1.807) is 42.5 Å². The number of benzene rings is 1. The number of aromatic nitrogens is 1. The summed E-state index contributed by atoms with van der Waals surface area (Å²) in [5.41, 5.74) is 0.0337. The average Bonchev–Trinajstić information content (AvgIpc) is 2.70. The van der Waals surface area contributed by atoms with Gasteiger partial charge in [-0.15, -0.1) is 0 Å². The van der Waals surface area contributed by atoms with Crippen LogP contribution in [0.3, 0.4) is 0 Å². The van der Waals surface area contributed by atoms with Crippen LogP contribution in [0.25, 0.3) is 0 Å². The highest BCUT2D eigenvalue weighted by Crippen LogP contribution is 2.15. The van der Waals surface area contributed by atoms with Gasteiger partial charge in [0.1, 0.15) is 0 Å². The zero-order chi connectivity index (χ0) is 19.6. The summed E-state index contributed by atoms with van der Waals surface area (Å²) in [6.45, 7) is 4.75. The third-order valence-corrected chi connectivity index (χ3v) is 4.79. The molecule has 0 radical (unpaired) electrons. The minimum atomic E-state index is -1.20. The molecule has 2 aromatic rings. The van der Waals surface area contributed by atoms with Crippen LogP contribution in [0.1, 0.15) is 55.9 Å². The first kappa shape index (κ1) is 20.6. The minimum Gasteiger partial charge on any atom is -0.354 e. The minimum absolute atomic E-state index is 0.369. The van der Waals surface area contributed by atoms with Gasteiger partial charge in [-0.1, -0.05) is 69.5 Å². The molecule has 1 aromatic heterocycles. The van der Waals surface area contributed by atoms with Crippen molar-refractivity contribution in [2.24, 2.45) is 5.92 Å². The maximum Gasteiger partial charge on any atom is 0.251 e. The summed E-state index contributed by atoms with van der Waals surface area (Å²) in [5.74, 6) is -0.455. The molecule has 1 aromatic carbocycles. The molecule has 2 rings (SSSR count). The van der Waals surface area contributed by atoms with Crippen LogP contribution in [-0.4, -0.2) is 22.8 Å². The number of pyridine rings is 1. The van der Waals surface area contributed by atoms with E-state index in [4.69, 9.17) is 0 Å². The Hall–Kier alpha value is -2.69. The number of Topliss-reactive ketones (excluding diaryl/α,β-unsaturated/α-hetero) is 1. The molecular formula is C22H28N2O3. The molecule has 27 heavy (non-hydrogen) atoms. The topological polar surface area (TPSA) is 68.2 Å². The third kappa shape index (κ3) is 5.64. The fourth-order valence-corrected chi connectivity index (χ4v) is 3.07. The van der Waals surface area contributed by atoms with E-state index in [0.29, 0.717) is 18.0 Å². The standard InChI is InChI=1S/C22H28N2O3/c1-3-5-11-17(4-2)16-23-22(27)20(24-15-10-9-14-19(24)25)21(26)18-12-7-6-8-13-18/h6-10,12-15,17,20H,3-5,11,16H2,1-2H3,(H,23,27). The number of nitrogens with zero attached hydrogens (tertiary/aromatic N) is 1. The summed E-state index contributed by atoms with van der Waals surface area (Å²) in [6, 6.07) is 12.0. The van der Waals surface area contributed by atoms with E-state index in [0.717, 1.165) is 25.7 Å². The van der Waals surface area contributed by atoms with Crippen LogP contribution in [0, 0.1) is 5.92 Å². The van der Waals surface area contributed by atoms with Gasteiger partial charge in [-0.25, -0.2) is 0 Å². The molecule has 0 fully saturated rings. The average molecular weight is 368 g/mol. The van der Waals surface area contributed by atoms with Crippen LogP contribution in [0.4, 0.5) is 0 Å². The molecule has 0 aliphatic heterocycles. The molecule has 0 bridgehead atoms. The van der Waals surface area contributed by atoms with Crippen molar-refractivity contribution in [2.75, 3.05) is 6.54 Å². The fraction of sp³-hybridized carbons (Fsp3) is 0.409. The SMILES string of the molecule is CCCCC(CC)CNC(=O)C(C(=O)c1ccccc1)n1ccccc1=O. The third-order valence-electron chi connectivity index (χ3n) is 4.79.